The summed E-state index contributed by atoms with van der Waals surface area (Å²) >= 11 is 0. The molecular formula is C8H12O3. The number of carbonyl (C=O) groups is 1. The first-order valence-electron chi connectivity index (χ1n) is 4.04. The second-order valence-corrected chi connectivity index (χ2v) is 3.33. The highest BCUT2D eigenvalue weighted by atomic mass is 16.7. The smallest absolute Gasteiger partial charge is 0.147 e. The van der Waals surface area contributed by atoms with Gasteiger partial charge in [-0.25, -0.2) is 0 Å². The largest absolute Gasteiger partial charge is 0.352 e. The summed E-state index contributed by atoms with van der Waals surface area (Å²) in [7, 11) is 0. The van der Waals surface area contributed by atoms with Crippen LogP contribution in [0.1, 0.15) is 25.7 Å². The number of carbonyl (C=O) groups excluding carboxylic acids is 1. The third-order valence-electron chi connectivity index (χ3n) is 2.53. The lowest BCUT2D eigenvalue weighted by Crippen LogP contribution is -2.36. The maximum atomic E-state index is 10.9. The van der Waals surface area contributed by atoms with Gasteiger partial charge in [0.1, 0.15) is 12.6 Å². The predicted molar refractivity (Wildman–Crippen MR) is 38.1 cm³/mol. The van der Waals surface area contributed by atoms with Gasteiger partial charge < -0.3 is 9.47 Å². The molecule has 0 aromatic rings. The molecule has 1 aliphatic carbocycles. The fraction of sp³-hybridized carbons (Fsp3) is 0.875. The lowest BCUT2D eigenvalue weighted by Gasteiger charge is -2.29. The zero-order valence-corrected chi connectivity index (χ0v) is 6.47. The van der Waals surface area contributed by atoms with Crippen LogP contribution < -0.4 is 0 Å². The number of hydrogen-bond acceptors (Lipinski definition) is 3. The van der Waals surface area contributed by atoms with Crippen molar-refractivity contribution < 1.29 is 14.3 Å². The van der Waals surface area contributed by atoms with Crippen molar-refractivity contribution in [2.75, 3.05) is 13.4 Å². The van der Waals surface area contributed by atoms with Crippen molar-refractivity contribution in [1.29, 1.82) is 0 Å². The van der Waals surface area contributed by atoms with Crippen molar-refractivity contribution in [3.8, 4) is 0 Å². The van der Waals surface area contributed by atoms with Crippen molar-refractivity contribution in [3.63, 3.8) is 0 Å². The van der Waals surface area contributed by atoms with E-state index in [2.05, 4.69) is 0 Å². The monoisotopic (exact) mass is 156 g/mol. The van der Waals surface area contributed by atoms with Crippen LogP contribution in [-0.2, 0) is 14.3 Å². The van der Waals surface area contributed by atoms with Crippen molar-refractivity contribution >= 4 is 5.78 Å². The first kappa shape index (κ1) is 7.25. The van der Waals surface area contributed by atoms with Gasteiger partial charge in [0.25, 0.3) is 0 Å². The second-order valence-electron chi connectivity index (χ2n) is 3.33. The van der Waals surface area contributed by atoms with E-state index in [0.717, 1.165) is 12.8 Å². The van der Waals surface area contributed by atoms with E-state index in [1.165, 1.54) is 0 Å². The van der Waals surface area contributed by atoms with E-state index in [1.807, 2.05) is 0 Å². The highest BCUT2D eigenvalue weighted by molar-refractivity contribution is 5.79. The van der Waals surface area contributed by atoms with E-state index in [1.54, 1.807) is 0 Å². The minimum Gasteiger partial charge on any atom is -0.352 e. The summed E-state index contributed by atoms with van der Waals surface area (Å²) in [6.07, 6.45) is 3.05. The van der Waals surface area contributed by atoms with Crippen molar-refractivity contribution in [3.05, 3.63) is 0 Å². The molecule has 1 aliphatic heterocycles. The van der Waals surface area contributed by atoms with Crippen LogP contribution in [0.25, 0.3) is 0 Å². The van der Waals surface area contributed by atoms with Gasteiger partial charge in [0, 0.05) is 12.8 Å². The number of hydrogen-bond donors (Lipinski definition) is 0. The highest BCUT2D eigenvalue weighted by Crippen LogP contribution is 2.33. The topological polar surface area (TPSA) is 35.5 Å². The lowest BCUT2D eigenvalue weighted by molar-refractivity contribution is -0.125. The maximum absolute atomic E-state index is 10.9. The maximum Gasteiger partial charge on any atom is 0.147 e. The minimum absolute atomic E-state index is 0.0894. The number of ether oxygens (including phenoxy) is 2. The average Bonchev–Trinajstić information content (AvgIpc) is 2.45. The molecule has 0 aromatic heterocycles. The van der Waals surface area contributed by atoms with Gasteiger partial charge in [-0.2, -0.15) is 0 Å². The van der Waals surface area contributed by atoms with Crippen molar-refractivity contribution in [2.45, 2.75) is 31.3 Å². The van der Waals surface area contributed by atoms with Crippen LogP contribution in [0.2, 0.25) is 0 Å². The summed E-state index contributed by atoms with van der Waals surface area (Å²) in [4.78, 5) is 10.9. The first-order valence-corrected chi connectivity index (χ1v) is 4.04. The van der Waals surface area contributed by atoms with E-state index in [-0.39, 0.29) is 5.60 Å². The van der Waals surface area contributed by atoms with Crippen LogP contribution in [0, 0.1) is 0 Å². The Kier molecular flexibility index (Phi) is 1.69. The average molecular weight is 156 g/mol. The summed E-state index contributed by atoms with van der Waals surface area (Å²) in [6.45, 7) is 1.09. The molecule has 0 unspecified atom stereocenters. The van der Waals surface area contributed by atoms with E-state index >= 15 is 0 Å². The summed E-state index contributed by atoms with van der Waals surface area (Å²) < 4.78 is 10.6. The molecule has 3 heteroatoms. The fourth-order valence-electron chi connectivity index (χ4n) is 1.71. The molecule has 2 fully saturated rings. The van der Waals surface area contributed by atoms with Crippen LogP contribution in [0.3, 0.4) is 0 Å². The Balaban J connectivity index is 1.99. The van der Waals surface area contributed by atoms with Crippen LogP contribution >= 0.6 is 0 Å². The Bertz CT molecular complexity index is 158. The van der Waals surface area contributed by atoms with E-state index in [9.17, 15) is 4.79 Å². The molecular weight excluding hydrogens is 144 g/mol. The molecule has 1 saturated heterocycles. The van der Waals surface area contributed by atoms with Gasteiger partial charge in [-0.1, -0.05) is 0 Å². The molecule has 62 valence electrons. The molecule has 0 amide bonds. The zero-order chi connectivity index (χ0) is 7.73. The Morgan fingerprint density at radius 2 is 2.00 bits per heavy atom. The Labute approximate surface area is 65.7 Å². The SMILES string of the molecule is O=C1CCC2(CC1)COCO2. The molecule has 1 spiro atoms. The standard InChI is InChI=1S/C8H12O3/c9-7-1-3-8(4-2-7)5-10-6-11-8/h1-6H2. The van der Waals surface area contributed by atoms with E-state index in [0.29, 0.717) is 32.0 Å². The van der Waals surface area contributed by atoms with Gasteiger partial charge in [-0.3, -0.25) is 4.79 Å². The molecule has 0 radical (unpaired) electrons. The normalized spacial score (nSPS) is 29.6. The first-order chi connectivity index (χ1) is 5.31. The van der Waals surface area contributed by atoms with Gasteiger partial charge in [0.15, 0.2) is 0 Å². The Morgan fingerprint density at radius 1 is 1.27 bits per heavy atom. The number of rotatable bonds is 0. The van der Waals surface area contributed by atoms with Crippen molar-refractivity contribution in [2.24, 2.45) is 0 Å². The molecule has 2 rings (SSSR count). The second kappa shape index (κ2) is 2.57. The molecule has 0 bridgehead atoms. The lowest BCUT2D eigenvalue weighted by atomic mass is 9.85. The minimum atomic E-state index is -0.0894. The molecule has 0 N–H and O–H groups in total. The summed E-state index contributed by atoms with van der Waals surface area (Å²) in [5.74, 6) is 0.367. The summed E-state index contributed by atoms with van der Waals surface area (Å²) in [5, 5.41) is 0. The third-order valence-corrected chi connectivity index (χ3v) is 2.53. The van der Waals surface area contributed by atoms with Crippen LogP contribution in [-0.4, -0.2) is 24.8 Å². The molecule has 3 nitrogen and oxygen atoms in total. The fourth-order valence-corrected chi connectivity index (χ4v) is 1.71. The van der Waals surface area contributed by atoms with E-state index in [4.69, 9.17) is 9.47 Å². The highest BCUT2D eigenvalue weighted by Gasteiger charge is 2.39. The molecule has 0 atom stereocenters. The summed E-state index contributed by atoms with van der Waals surface area (Å²) in [5.41, 5.74) is -0.0894. The molecule has 11 heavy (non-hydrogen) atoms. The molecule has 1 saturated carbocycles. The van der Waals surface area contributed by atoms with Crippen LogP contribution in [0.15, 0.2) is 0 Å². The van der Waals surface area contributed by atoms with E-state index < -0.39 is 0 Å². The van der Waals surface area contributed by atoms with Crippen molar-refractivity contribution in [1.82, 2.24) is 0 Å². The summed E-state index contributed by atoms with van der Waals surface area (Å²) in [6, 6.07) is 0. The Hall–Kier alpha value is -0.410. The number of Topliss-reactive ketones (excluding diaryl/α,β-unsaturated/α-hetero) is 1. The zero-order valence-electron chi connectivity index (χ0n) is 6.47. The Morgan fingerprint density at radius 3 is 2.55 bits per heavy atom. The third kappa shape index (κ3) is 1.30. The van der Waals surface area contributed by atoms with Gasteiger partial charge in [-0.15, -0.1) is 0 Å². The van der Waals surface area contributed by atoms with Crippen LogP contribution in [0.4, 0.5) is 0 Å². The predicted octanol–water partition coefficient (Wildman–Crippen LogP) is 0.873. The van der Waals surface area contributed by atoms with Gasteiger partial charge in [-0.05, 0) is 12.8 Å². The molecule has 2 aliphatic rings. The molecule has 1 heterocycles. The van der Waals surface area contributed by atoms with Gasteiger partial charge >= 0.3 is 0 Å². The van der Waals surface area contributed by atoms with Gasteiger partial charge in [0.2, 0.25) is 0 Å². The van der Waals surface area contributed by atoms with Crippen LogP contribution in [0.5, 0.6) is 0 Å². The number of ketones is 1. The molecule has 0 aromatic carbocycles. The van der Waals surface area contributed by atoms with Gasteiger partial charge in [0.05, 0.1) is 12.2 Å². The quantitative estimate of drug-likeness (QED) is 0.522.